The molecule has 0 fully saturated rings. The Morgan fingerprint density at radius 1 is 1.17 bits per heavy atom. The molecule has 1 aliphatic carbocycles. The number of rotatable bonds is 2. The van der Waals surface area contributed by atoms with E-state index >= 15 is 0 Å². The maximum absolute atomic E-state index is 12.5. The summed E-state index contributed by atoms with van der Waals surface area (Å²) in [6, 6.07) is 7.40. The van der Waals surface area contributed by atoms with E-state index in [0.29, 0.717) is 10.5 Å². The Balaban J connectivity index is 2.40. The van der Waals surface area contributed by atoms with Gasteiger partial charge in [0.15, 0.2) is 5.78 Å². The van der Waals surface area contributed by atoms with Gasteiger partial charge in [0.2, 0.25) is 0 Å². The summed E-state index contributed by atoms with van der Waals surface area (Å²) >= 11 is 0. The summed E-state index contributed by atoms with van der Waals surface area (Å²) in [6.07, 6.45) is 4.34. The summed E-state index contributed by atoms with van der Waals surface area (Å²) in [5, 5.41) is 0. The van der Waals surface area contributed by atoms with E-state index in [1.165, 1.54) is 18.2 Å². The van der Waals surface area contributed by atoms with Gasteiger partial charge in [-0.1, -0.05) is 17.7 Å². The topological polar surface area (TPSA) is 60.2 Å². The van der Waals surface area contributed by atoms with Crippen molar-refractivity contribution in [1.82, 2.24) is 0 Å². The smallest absolute Gasteiger partial charge is 0.178 e. The second kappa shape index (κ2) is 4.63. The van der Waals surface area contributed by atoms with Gasteiger partial charge in [-0.25, -0.2) is 0 Å². The van der Waals surface area contributed by atoms with E-state index in [9.17, 15) is 9.00 Å². The molecule has 1 unspecified atom stereocenters. The molecule has 18 heavy (non-hydrogen) atoms. The van der Waals surface area contributed by atoms with Gasteiger partial charge >= 0.3 is 0 Å². The number of carbonyl (C=O) groups excluding carboxylic acids is 1. The van der Waals surface area contributed by atoms with Crippen molar-refractivity contribution in [3.63, 3.8) is 0 Å². The molecule has 94 valence electrons. The number of hydrogen-bond donors (Lipinski definition) is 1. The Labute approximate surface area is 109 Å². The summed E-state index contributed by atoms with van der Waals surface area (Å²) in [5.74, 6) is -0.116. The molecule has 0 heterocycles. The molecule has 0 radical (unpaired) electrons. The van der Waals surface area contributed by atoms with Gasteiger partial charge in [-0.15, -0.1) is 0 Å². The van der Waals surface area contributed by atoms with E-state index in [-0.39, 0.29) is 5.78 Å². The fourth-order valence-corrected chi connectivity index (χ4v) is 3.09. The van der Waals surface area contributed by atoms with Gasteiger partial charge in [0.05, 0.1) is 10.8 Å². The van der Waals surface area contributed by atoms with Crippen LogP contribution in [0.4, 0.5) is 0 Å². The molecule has 1 aromatic carbocycles. The van der Waals surface area contributed by atoms with Gasteiger partial charge in [-0.05, 0) is 49.8 Å². The molecule has 0 aromatic heterocycles. The van der Waals surface area contributed by atoms with Crippen LogP contribution < -0.4 is 5.73 Å². The SMILES string of the molecule is CC1=CC(=O)C=C[C@@]1(N)S(=O)c1ccc(C)cc1. The molecule has 1 aliphatic rings. The average molecular weight is 261 g/mol. The van der Waals surface area contributed by atoms with E-state index in [1.54, 1.807) is 19.1 Å². The van der Waals surface area contributed by atoms with Crippen LogP contribution in [0.5, 0.6) is 0 Å². The summed E-state index contributed by atoms with van der Waals surface area (Å²) in [4.78, 5) is 10.8. The fraction of sp³-hybridized carbons (Fsp3) is 0.214. The molecule has 4 heteroatoms. The lowest BCUT2D eigenvalue weighted by atomic mass is 10.0. The molecule has 0 saturated heterocycles. The summed E-state index contributed by atoms with van der Waals surface area (Å²) in [7, 11) is -1.42. The van der Waals surface area contributed by atoms with Crippen LogP contribution in [0.3, 0.4) is 0 Å². The first-order valence-corrected chi connectivity index (χ1v) is 6.78. The minimum absolute atomic E-state index is 0.116. The van der Waals surface area contributed by atoms with Crippen LogP contribution in [0, 0.1) is 6.92 Å². The van der Waals surface area contributed by atoms with Crippen molar-refractivity contribution in [1.29, 1.82) is 0 Å². The Morgan fingerprint density at radius 3 is 2.33 bits per heavy atom. The minimum atomic E-state index is -1.42. The van der Waals surface area contributed by atoms with Crippen LogP contribution in [0.15, 0.2) is 53.0 Å². The number of allylic oxidation sites excluding steroid dienone is 2. The largest absolute Gasteiger partial charge is 0.308 e. The molecule has 2 atom stereocenters. The quantitative estimate of drug-likeness (QED) is 0.883. The van der Waals surface area contributed by atoms with Crippen molar-refractivity contribution in [3.05, 3.63) is 53.6 Å². The van der Waals surface area contributed by atoms with E-state index < -0.39 is 15.7 Å². The van der Waals surface area contributed by atoms with Gasteiger partial charge in [0.1, 0.15) is 4.87 Å². The van der Waals surface area contributed by atoms with Crippen LogP contribution in [0.1, 0.15) is 12.5 Å². The van der Waals surface area contributed by atoms with Crippen LogP contribution >= 0.6 is 0 Å². The second-order valence-corrected chi connectivity index (χ2v) is 6.12. The molecule has 0 spiro atoms. The zero-order valence-corrected chi connectivity index (χ0v) is 11.2. The normalized spacial score (nSPS) is 24.8. The number of carbonyl (C=O) groups is 1. The lowest BCUT2D eigenvalue weighted by Gasteiger charge is -2.28. The first-order chi connectivity index (χ1) is 8.43. The molecular weight excluding hydrogens is 246 g/mol. The predicted octanol–water partition coefficient (Wildman–Crippen LogP) is 1.84. The monoisotopic (exact) mass is 261 g/mol. The van der Waals surface area contributed by atoms with Crippen LogP contribution in [-0.2, 0) is 15.6 Å². The highest BCUT2D eigenvalue weighted by atomic mass is 32.2. The fourth-order valence-electron chi connectivity index (χ4n) is 1.78. The lowest BCUT2D eigenvalue weighted by Crippen LogP contribution is -2.45. The number of benzene rings is 1. The highest BCUT2D eigenvalue weighted by molar-refractivity contribution is 7.86. The third-order valence-corrected chi connectivity index (χ3v) is 4.78. The maximum Gasteiger partial charge on any atom is 0.178 e. The van der Waals surface area contributed by atoms with Crippen molar-refractivity contribution in [2.24, 2.45) is 5.73 Å². The van der Waals surface area contributed by atoms with Crippen molar-refractivity contribution in [3.8, 4) is 0 Å². The van der Waals surface area contributed by atoms with Crippen molar-refractivity contribution >= 4 is 16.6 Å². The number of aryl methyl sites for hydroxylation is 1. The molecule has 2 rings (SSSR count). The zero-order chi connectivity index (χ0) is 13.3. The molecule has 3 nitrogen and oxygen atoms in total. The Morgan fingerprint density at radius 2 is 1.78 bits per heavy atom. The van der Waals surface area contributed by atoms with E-state index in [4.69, 9.17) is 5.73 Å². The molecule has 0 saturated carbocycles. The number of ketones is 1. The standard InChI is InChI=1S/C14H15NO2S/c1-10-3-5-13(6-4-10)18(17)14(15)8-7-12(16)9-11(14)2/h3-9H,15H2,1-2H3/t14-,18?/m1/s1. The molecule has 0 aliphatic heterocycles. The maximum atomic E-state index is 12.5. The summed E-state index contributed by atoms with van der Waals surface area (Å²) in [5.41, 5.74) is 7.89. The van der Waals surface area contributed by atoms with Crippen LogP contribution in [-0.4, -0.2) is 14.9 Å². The van der Waals surface area contributed by atoms with Gasteiger partial charge in [0, 0.05) is 4.90 Å². The third kappa shape index (κ3) is 2.21. The van der Waals surface area contributed by atoms with E-state index in [1.807, 2.05) is 19.1 Å². The third-order valence-electron chi connectivity index (χ3n) is 3.01. The van der Waals surface area contributed by atoms with Gasteiger partial charge in [-0.2, -0.15) is 0 Å². The van der Waals surface area contributed by atoms with Crippen LogP contribution in [0.2, 0.25) is 0 Å². The minimum Gasteiger partial charge on any atom is -0.308 e. The van der Waals surface area contributed by atoms with Crippen molar-refractivity contribution < 1.29 is 9.00 Å². The second-order valence-electron chi connectivity index (χ2n) is 4.44. The van der Waals surface area contributed by atoms with E-state index in [2.05, 4.69) is 0 Å². The first-order valence-electron chi connectivity index (χ1n) is 5.63. The number of hydrogen-bond acceptors (Lipinski definition) is 3. The highest BCUT2D eigenvalue weighted by Gasteiger charge is 2.35. The van der Waals surface area contributed by atoms with Crippen LogP contribution in [0.25, 0.3) is 0 Å². The van der Waals surface area contributed by atoms with Gasteiger partial charge in [0.25, 0.3) is 0 Å². The molecule has 0 bridgehead atoms. The number of nitrogens with two attached hydrogens (primary N) is 1. The predicted molar refractivity (Wildman–Crippen MR) is 72.4 cm³/mol. The summed E-state index contributed by atoms with van der Waals surface area (Å²) in [6.45, 7) is 3.70. The van der Waals surface area contributed by atoms with Crippen molar-refractivity contribution in [2.45, 2.75) is 23.6 Å². The Bertz CT molecular complexity index is 572. The van der Waals surface area contributed by atoms with Crippen molar-refractivity contribution in [2.75, 3.05) is 0 Å². The molecule has 2 N–H and O–H groups in total. The Hall–Kier alpha value is -1.52. The average Bonchev–Trinajstić information content (AvgIpc) is 2.34. The molecule has 0 amide bonds. The molecule has 1 aromatic rings. The molecular formula is C14H15NO2S. The van der Waals surface area contributed by atoms with Gasteiger partial charge in [-0.3, -0.25) is 9.00 Å². The summed E-state index contributed by atoms with van der Waals surface area (Å²) < 4.78 is 12.5. The lowest BCUT2D eigenvalue weighted by molar-refractivity contribution is -0.110. The zero-order valence-electron chi connectivity index (χ0n) is 10.3. The van der Waals surface area contributed by atoms with E-state index in [0.717, 1.165) is 5.56 Å². The van der Waals surface area contributed by atoms with Gasteiger partial charge < -0.3 is 5.73 Å². The first kappa shape index (κ1) is 12.9. The Kier molecular flexibility index (Phi) is 3.32. The highest BCUT2D eigenvalue weighted by Crippen LogP contribution is 2.28.